The van der Waals surface area contributed by atoms with Crippen LogP contribution in [0.4, 0.5) is 0 Å². The Morgan fingerprint density at radius 1 is 0.944 bits per heavy atom. The van der Waals surface area contributed by atoms with Crippen molar-refractivity contribution in [1.29, 1.82) is 0 Å². The summed E-state index contributed by atoms with van der Waals surface area (Å²) in [4.78, 5) is 10.5. The van der Waals surface area contributed by atoms with Crippen LogP contribution in [-0.4, -0.2) is 11.4 Å². The predicted octanol–water partition coefficient (Wildman–Crippen LogP) is 2.63. The summed E-state index contributed by atoms with van der Waals surface area (Å²) in [5, 5.41) is 2.62. The first-order valence-corrected chi connectivity index (χ1v) is 6.07. The molecular formula is C15H18N2O. The third kappa shape index (κ3) is 3.31. The van der Waals surface area contributed by atoms with Gasteiger partial charge in [0.05, 0.1) is 0 Å². The summed E-state index contributed by atoms with van der Waals surface area (Å²) in [6, 6.07) is 16.7. The van der Waals surface area contributed by atoms with E-state index in [1.807, 2.05) is 13.8 Å². The SMILES string of the molecule is CC1(C)CC(=O)NN1.c1ccc2ccccc2c1. The van der Waals surface area contributed by atoms with Crippen LogP contribution in [0.3, 0.4) is 0 Å². The molecule has 1 aliphatic rings. The summed E-state index contributed by atoms with van der Waals surface area (Å²) in [5.41, 5.74) is 5.32. The molecule has 0 saturated carbocycles. The lowest BCUT2D eigenvalue weighted by Crippen LogP contribution is -2.38. The van der Waals surface area contributed by atoms with Gasteiger partial charge in [0.1, 0.15) is 0 Å². The van der Waals surface area contributed by atoms with Gasteiger partial charge in [-0.15, -0.1) is 0 Å². The molecule has 3 nitrogen and oxygen atoms in total. The fourth-order valence-corrected chi connectivity index (χ4v) is 1.86. The van der Waals surface area contributed by atoms with Gasteiger partial charge in [0.2, 0.25) is 5.91 Å². The van der Waals surface area contributed by atoms with Crippen molar-refractivity contribution in [2.24, 2.45) is 0 Å². The van der Waals surface area contributed by atoms with Crippen molar-refractivity contribution in [3.63, 3.8) is 0 Å². The van der Waals surface area contributed by atoms with Crippen LogP contribution in [0.5, 0.6) is 0 Å². The summed E-state index contributed by atoms with van der Waals surface area (Å²) in [5.74, 6) is 0.0787. The average Bonchev–Trinajstić information content (AvgIpc) is 2.68. The molecule has 2 N–H and O–H groups in total. The minimum absolute atomic E-state index is 0.0446. The molecule has 94 valence electrons. The topological polar surface area (TPSA) is 41.1 Å². The second kappa shape index (κ2) is 5.19. The van der Waals surface area contributed by atoms with Crippen molar-refractivity contribution in [3.8, 4) is 0 Å². The maximum absolute atomic E-state index is 10.5. The molecule has 3 heteroatoms. The van der Waals surface area contributed by atoms with Crippen LogP contribution < -0.4 is 10.9 Å². The zero-order valence-electron chi connectivity index (χ0n) is 10.7. The van der Waals surface area contributed by atoms with E-state index < -0.39 is 0 Å². The van der Waals surface area contributed by atoms with Crippen LogP contribution in [0, 0.1) is 0 Å². The van der Waals surface area contributed by atoms with E-state index >= 15 is 0 Å². The van der Waals surface area contributed by atoms with Crippen LogP contribution in [0.15, 0.2) is 48.5 Å². The van der Waals surface area contributed by atoms with Gasteiger partial charge in [-0.05, 0) is 24.6 Å². The van der Waals surface area contributed by atoms with Crippen LogP contribution in [0.2, 0.25) is 0 Å². The molecule has 0 unspecified atom stereocenters. The first-order chi connectivity index (χ1) is 8.57. The average molecular weight is 242 g/mol. The number of hydrazine groups is 1. The first kappa shape index (κ1) is 12.6. The predicted molar refractivity (Wildman–Crippen MR) is 73.9 cm³/mol. The largest absolute Gasteiger partial charge is 0.291 e. The number of carbonyl (C=O) groups excluding carboxylic acids is 1. The van der Waals surface area contributed by atoms with Gasteiger partial charge in [-0.3, -0.25) is 10.2 Å². The van der Waals surface area contributed by atoms with E-state index in [0.29, 0.717) is 6.42 Å². The molecule has 1 fully saturated rings. The quantitative estimate of drug-likeness (QED) is 0.745. The molecule has 1 saturated heterocycles. The van der Waals surface area contributed by atoms with Crippen LogP contribution >= 0.6 is 0 Å². The lowest BCUT2D eigenvalue weighted by molar-refractivity contribution is -0.119. The Bertz CT molecular complexity index is 483. The number of carbonyl (C=O) groups is 1. The maximum atomic E-state index is 10.5. The molecule has 1 heterocycles. The zero-order chi connectivity index (χ0) is 13.0. The maximum Gasteiger partial charge on any atom is 0.235 e. The van der Waals surface area contributed by atoms with E-state index in [-0.39, 0.29) is 11.4 Å². The molecule has 2 aromatic rings. The summed E-state index contributed by atoms with van der Waals surface area (Å²) < 4.78 is 0. The van der Waals surface area contributed by atoms with E-state index in [1.165, 1.54) is 10.8 Å². The number of nitrogens with one attached hydrogen (secondary N) is 2. The van der Waals surface area contributed by atoms with Crippen LogP contribution in [-0.2, 0) is 4.79 Å². The lowest BCUT2D eigenvalue weighted by atomic mass is 10.0. The Kier molecular flexibility index (Phi) is 3.63. The summed E-state index contributed by atoms with van der Waals surface area (Å²) in [6.45, 7) is 3.95. The third-order valence-corrected chi connectivity index (χ3v) is 2.80. The molecule has 2 aromatic carbocycles. The van der Waals surface area contributed by atoms with E-state index in [0.717, 1.165) is 0 Å². The van der Waals surface area contributed by atoms with Gasteiger partial charge >= 0.3 is 0 Å². The molecule has 18 heavy (non-hydrogen) atoms. The zero-order valence-corrected chi connectivity index (χ0v) is 10.7. The highest BCUT2D eigenvalue weighted by molar-refractivity contribution is 5.82. The Morgan fingerprint density at radius 3 is 1.61 bits per heavy atom. The smallest absolute Gasteiger partial charge is 0.235 e. The number of hydrogen-bond donors (Lipinski definition) is 2. The van der Waals surface area contributed by atoms with Gasteiger partial charge in [0.15, 0.2) is 0 Å². The van der Waals surface area contributed by atoms with Crippen molar-refractivity contribution >= 4 is 16.7 Å². The Hall–Kier alpha value is -1.87. The van der Waals surface area contributed by atoms with Crippen LogP contribution in [0.1, 0.15) is 20.3 Å². The number of fused-ring (bicyclic) bond motifs is 1. The second-order valence-corrected chi connectivity index (χ2v) is 5.08. The third-order valence-electron chi connectivity index (χ3n) is 2.80. The fourth-order valence-electron chi connectivity index (χ4n) is 1.86. The monoisotopic (exact) mass is 242 g/mol. The van der Waals surface area contributed by atoms with Gasteiger partial charge in [-0.25, -0.2) is 5.43 Å². The van der Waals surface area contributed by atoms with Gasteiger partial charge in [0, 0.05) is 12.0 Å². The van der Waals surface area contributed by atoms with Gasteiger partial charge in [0.25, 0.3) is 0 Å². The van der Waals surface area contributed by atoms with E-state index in [4.69, 9.17) is 0 Å². The second-order valence-electron chi connectivity index (χ2n) is 5.08. The molecular weight excluding hydrogens is 224 g/mol. The van der Waals surface area contributed by atoms with E-state index in [1.54, 1.807) is 0 Å². The lowest BCUT2D eigenvalue weighted by Gasteiger charge is -2.12. The van der Waals surface area contributed by atoms with Gasteiger partial charge in [-0.1, -0.05) is 48.5 Å². The molecule has 0 atom stereocenters. The molecule has 1 aliphatic heterocycles. The molecule has 3 rings (SSSR count). The molecule has 0 spiro atoms. The van der Waals surface area contributed by atoms with Crippen molar-refractivity contribution in [3.05, 3.63) is 48.5 Å². The standard InChI is InChI=1S/C10H8.C5H10N2O/c1-2-6-10-8-4-3-7-9(10)5-1;1-5(2)3-4(8)6-7-5/h1-8H;7H,3H2,1-2H3,(H,6,8). The number of rotatable bonds is 0. The minimum atomic E-state index is -0.0446. The summed E-state index contributed by atoms with van der Waals surface area (Å²) in [7, 11) is 0. The van der Waals surface area contributed by atoms with Crippen molar-refractivity contribution < 1.29 is 4.79 Å². The summed E-state index contributed by atoms with van der Waals surface area (Å²) >= 11 is 0. The fraction of sp³-hybridized carbons (Fsp3) is 0.267. The molecule has 0 aromatic heterocycles. The highest BCUT2D eigenvalue weighted by Gasteiger charge is 2.27. The molecule has 0 aliphatic carbocycles. The van der Waals surface area contributed by atoms with Crippen molar-refractivity contribution in [2.45, 2.75) is 25.8 Å². The highest BCUT2D eigenvalue weighted by atomic mass is 16.2. The molecule has 0 radical (unpaired) electrons. The van der Waals surface area contributed by atoms with Crippen LogP contribution in [0.25, 0.3) is 10.8 Å². The van der Waals surface area contributed by atoms with E-state index in [9.17, 15) is 4.79 Å². The van der Waals surface area contributed by atoms with Crippen molar-refractivity contribution in [2.75, 3.05) is 0 Å². The number of amides is 1. The minimum Gasteiger partial charge on any atom is -0.291 e. The summed E-state index contributed by atoms with van der Waals surface area (Å²) in [6.07, 6.45) is 0.576. The normalized spacial score (nSPS) is 16.9. The van der Waals surface area contributed by atoms with E-state index in [2.05, 4.69) is 59.4 Å². The molecule has 1 amide bonds. The van der Waals surface area contributed by atoms with Gasteiger partial charge in [-0.2, -0.15) is 0 Å². The number of hydrogen-bond acceptors (Lipinski definition) is 2. The number of benzene rings is 2. The van der Waals surface area contributed by atoms with Gasteiger partial charge < -0.3 is 0 Å². The highest BCUT2D eigenvalue weighted by Crippen LogP contribution is 2.11. The Balaban J connectivity index is 0.000000138. The Morgan fingerprint density at radius 2 is 1.39 bits per heavy atom. The first-order valence-electron chi connectivity index (χ1n) is 6.07. The van der Waals surface area contributed by atoms with Crippen molar-refractivity contribution in [1.82, 2.24) is 10.9 Å². The molecule has 0 bridgehead atoms. The Labute approximate surface area is 107 Å².